The Labute approximate surface area is 677 Å². The number of nitrogens with one attached hydrogen (secondary N) is 15. The molecule has 0 saturated carbocycles. The van der Waals surface area contributed by atoms with E-state index in [0.717, 1.165) is 68.8 Å². The molecule has 12 rings (SSSR count). The number of hydrogen-bond donors (Lipinski definition) is 16. The summed E-state index contributed by atoms with van der Waals surface area (Å²) in [4.78, 5) is 92.1. The van der Waals surface area contributed by atoms with Gasteiger partial charge in [-0.05, 0) is 231 Å². The van der Waals surface area contributed by atoms with Crippen molar-refractivity contribution >= 4 is 98.7 Å². The van der Waals surface area contributed by atoms with Crippen LogP contribution in [0.3, 0.4) is 0 Å². The van der Waals surface area contributed by atoms with Crippen LogP contribution in [0.4, 0.5) is 63.2 Å². The van der Waals surface area contributed by atoms with Gasteiger partial charge in [-0.2, -0.15) is 0 Å². The zero-order chi connectivity index (χ0) is 84.4. The second-order valence-electron chi connectivity index (χ2n) is 32.6. The van der Waals surface area contributed by atoms with Crippen LogP contribution in [0.5, 0.6) is 0 Å². The maximum absolute atomic E-state index is 12.1. The van der Waals surface area contributed by atoms with E-state index in [0.29, 0.717) is 40.6 Å². The third-order valence-electron chi connectivity index (χ3n) is 14.5. The molecule has 6 amide bonds. The smallest absolute Gasteiger partial charge is 0.291 e. The fraction of sp³-hybridized carbons (Fsp3) is 0.275. The second-order valence-corrected chi connectivity index (χ2v) is 32.6. The average Bonchev–Trinajstić information content (AvgIpc) is 1.75. The van der Waals surface area contributed by atoms with Crippen LogP contribution in [0.1, 0.15) is 183 Å². The topological polar surface area (TPSA) is 350 Å². The van der Waals surface area contributed by atoms with E-state index in [2.05, 4.69) is 171 Å². The fourth-order valence-corrected chi connectivity index (χ4v) is 9.98. The highest BCUT2D eigenvalue weighted by Crippen LogP contribution is 2.23. The third-order valence-corrected chi connectivity index (χ3v) is 14.5. The van der Waals surface area contributed by atoms with Gasteiger partial charge in [-0.25, -0.2) is 9.97 Å². The fourth-order valence-electron chi connectivity index (χ4n) is 9.98. The molecule has 24 nitrogen and oxygen atoms in total. The third kappa shape index (κ3) is 37.0. The van der Waals surface area contributed by atoms with Crippen LogP contribution in [0.25, 0.3) is 0 Å². The second kappa shape index (κ2) is 43.4. The lowest BCUT2D eigenvalue weighted by Crippen LogP contribution is -2.34. The molecule has 11 aromatic rings. The number of aromatic amines is 4. The van der Waals surface area contributed by atoms with Crippen molar-refractivity contribution in [3.63, 3.8) is 0 Å². The van der Waals surface area contributed by atoms with Crippen LogP contribution in [-0.4, -0.2) is 93.0 Å². The van der Waals surface area contributed by atoms with E-state index in [9.17, 15) is 28.8 Å². The zero-order valence-corrected chi connectivity index (χ0v) is 69.5. The minimum atomic E-state index is -0.256. The van der Waals surface area contributed by atoms with Gasteiger partial charge in [0.25, 0.3) is 35.4 Å². The number of para-hydroxylation sites is 6. The van der Waals surface area contributed by atoms with E-state index >= 15 is 0 Å². The molecule has 606 valence electrons. The highest BCUT2D eigenvalue weighted by Gasteiger charge is 2.21. The van der Waals surface area contributed by atoms with Crippen LogP contribution in [-0.2, 0) is 4.79 Å². The quantitative estimate of drug-likeness (QED) is 0.0377. The summed E-state index contributed by atoms with van der Waals surface area (Å²) >= 11 is 0. The number of H-pyrrole nitrogens is 4. The van der Waals surface area contributed by atoms with Crippen LogP contribution < -0.4 is 64.2 Å². The maximum atomic E-state index is 12.1. The molecule has 115 heavy (non-hydrogen) atoms. The molecule has 0 aliphatic heterocycles. The number of imidazole rings is 2. The molecule has 24 heteroatoms. The first-order valence-corrected chi connectivity index (χ1v) is 38.0. The monoisotopic (exact) mass is 1560 g/mol. The number of nitrogens with zero attached hydrogens (tertiary/aromatic N) is 2. The molecule has 7 aromatic carbocycles. The molecule has 0 atom stereocenters. The lowest BCUT2D eigenvalue weighted by Gasteiger charge is -2.21. The van der Waals surface area contributed by atoms with Crippen molar-refractivity contribution in [3.05, 3.63) is 295 Å². The number of rotatable bonds is 17. The molecular weight excluding hydrogens is 1440 g/mol. The van der Waals surface area contributed by atoms with Gasteiger partial charge < -0.3 is 84.2 Å². The number of aromatic nitrogens is 6. The predicted octanol–water partition coefficient (Wildman–Crippen LogP) is 20.1. The van der Waals surface area contributed by atoms with Crippen molar-refractivity contribution in [2.75, 3.05) is 58.9 Å². The number of allylic oxidation sites excluding steroid dienone is 2. The van der Waals surface area contributed by atoms with E-state index in [1.807, 2.05) is 248 Å². The standard InChI is InChI=1S/C16H20N2O.2C15H19N3O.2C14H18N4O.C13H12N2O.C4H10/c1-16(2,3)18-14-10-9-12(11-14)15(19)17-13-7-5-4-6-8-13;1-15(2,3)18-13-9-11(10-16-13)14(19)17-12-7-5-4-6-8-12;1-15(2,3)18-13-10-9-12(17-13)14(19)16-11-7-5-4-6-8-11;1-14(2,3)18-11-9-15-12(17-11)13(19)16-10-7-5-4-6-8-10;1-14(2,3)18-13-15-9-11(17-13)12(19)16-10-7-5-4-6-8-10;14-11-6-4-5-10(9-11)13(16)15-12-7-2-1-3-8-12;1-4(2)3/h4-8,10-11,18H,9H2,1-3H3,(H,17,19);4-10,16,18H,1-3H3,(H,17,19);4-10,17-18H,1-3H3,(H,16,19);4-9,18H,1-3H3,(H,15,17)(H,16,19);4-9H,1-3H3,(H,16,19)(H2,15,17,18);1-9H,14H2,(H,15,16);4H,1-3H3. The van der Waals surface area contributed by atoms with Crippen molar-refractivity contribution in [1.82, 2.24) is 35.2 Å². The number of hydrogen-bond acceptors (Lipinski definition) is 14. The average molecular weight is 1560 g/mol. The molecule has 0 spiro atoms. The number of amides is 6. The Morgan fingerprint density at radius 2 is 0.739 bits per heavy atom. The van der Waals surface area contributed by atoms with Gasteiger partial charge in [-0.1, -0.05) is 142 Å². The SMILES string of the molecule is CC(C)(C)NC1=CCC(C(=O)Nc2ccccc2)=C1.CC(C)(C)Nc1cc(C(=O)Nc2ccccc2)c[nH]1.CC(C)(C)Nc1ccc(C(=O)Nc2ccccc2)[nH]1.CC(C)(C)Nc1cnc(C(=O)Nc2ccccc2)[nH]1.CC(C)(C)Nc1ncc(C(=O)Nc2ccccc2)[nH]1.CC(C)C.Nc1cccc(C(=O)Nc2ccccc2)c1. The summed E-state index contributed by atoms with van der Waals surface area (Å²) in [6.45, 7) is 37.4. The first-order valence-electron chi connectivity index (χ1n) is 38.0. The summed E-state index contributed by atoms with van der Waals surface area (Å²) in [6, 6.07) is 68.6. The highest BCUT2D eigenvalue weighted by atomic mass is 16.2. The molecule has 17 N–H and O–H groups in total. The first kappa shape index (κ1) is 90.5. The summed E-state index contributed by atoms with van der Waals surface area (Å²) in [5.41, 5.74) is 14.5. The zero-order valence-electron chi connectivity index (χ0n) is 69.5. The largest absolute Gasteiger partial charge is 0.399 e. The van der Waals surface area contributed by atoms with Crippen LogP contribution in [0.15, 0.2) is 266 Å². The molecule has 4 aromatic heterocycles. The number of carbonyl (C=O) groups is 6. The summed E-state index contributed by atoms with van der Waals surface area (Å²) in [5, 5.41) is 33.3. The molecular formula is C91H116N18O6. The number of nitrogens with two attached hydrogens (primary N) is 1. The number of benzene rings is 7. The van der Waals surface area contributed by atoms with Crippen LogP contribution in [0.2, 0.25) is 0 Å². The van der Waals surface area contributed by atoms with Gasteiger partial charge in [0.15, 0.2) is 5.82 Å². The number of anilines is 11. The molecule has 1 aliphatic rings. The molecule has 0 saturated heterocycles. The van der Waals surface area contributed by atoms with Gasteiger partial charge >= 0.3 is 0 Å². The van der Waals surface area contributed by atoms with Crippen molar-refractivity contribution in [2.24, 2.45) is 5.92 Å². The lowest BCUT2D eigenvalue weighted by atomic mass is 10.1. The Bertz CT molecular complexity index is 4440. The Kier molecular flexibility index (Phi) is 34.2. The highest BCUT2D eigenvalue weighted by molar-refractivity contribution is 6.07. The van der Waals surface area contributed by atoms with Crippen molar-refractivity contribution in [1.29, 1.82) is 0 Å². The van der Waals surface area contributed by atoms with Gasteiger partial charge in [0.2, 0.25) is 5.95 Å². The Balaban J connectivity index is 0.000000213. The summed E-state index contributed by atoms with van der Waals surface area (Å²) in [7, 11) is 0. The maximum Gasteiger partial charge on any atom is 0.291 e. The van der Waals surface area contributed by atoms with Gasteiger partial charge in [0, 0.05) is 90.5 Å². The summed E-state index contributed by atoms with van der Waals surface area (Å²) in [5.74, 6) is 3.20. The number of carbonyl (C=O) groups excluding carboxylic acids is 6. The van der Waals surface area contributed by atoms with Crippen molar-refractivity contribution in [2.45, 2.75) is 159 Å². The van der Waals surface area contributed by atoms with E-state index < -0.39 is 0 Å². The van der Waals surface area contributed by atoms with Crippen LogP contribution in [0, 0.1) is 5.92 Å². The van der Waals surface area contributed by atoms with Crippen molar-refractivity contribution in [3.8, 4) is 0 Å². The molecule has 4 heterocycles. The summed E-state index contributed by atoms with van der Waals surface area (Å²) < 4.78 is 0. The van der Waals surface area contributed by atoms with E-state index in [-0.39, 0.29) is 69.0 Å². The van der Waals surface area contributed by atoms with E-state index in [1.54, 1.807) is 42.7 Å². The van der Waals surface area contributed by atoms with Gasteiger partial charge in [-0.15, -0.1) is 0 Å². The van der Waals surface area contributed by atoms with Gasteiger partial charge in [-0.3, -0.25) is 28.8 Å². The molecule has 0 bridgehead atoms. The minimum absolute atomic E-state index is 0.00763. The number of nitrogen functional groups attached to an aromatic ring is 1. The predicted molar refractivity (Wildman–Crippen MR) is 474 cm³/mol. The Morgan fingerprint density at radius 1 is 0.357 bits per heavy atom. The Morgan fingerprint density at radius 3 is 1.17 bits per heavy atom. The molecule has 1 aliphatic carbocycles. The van der Waals surface area contributed by atoms with Crippen LogP contribution >= 0.6 is 0 Å². The molecule has 0 unspecified atom stereocenters. The van der Waals surface area contributed by atoms with E-state index in [1.165, 1.54) is 6.20 Å². The van der Waals surface area contributed by atoms with Gasteiger partial charge in [0.1, 0.15) is 28.8 Å². The normalized spacial score (nSPS) is 11.4. The lowest BCUT2D eigenvalue weighted by molar-refractivity contribution is -0.112. The summed E-state index contributed by atoms with van der Waals surface area (Å²) in [6.07, 6.45) is 9.48. The van der Waals surface area contributed by atoms with Gasteiger partial charge in [0.05, 0.1) is 18.0 Å². The van der Waals surface area contributed by atoms with Crippen molar-refractivity contribution < 1.29 is 28.8 Å². The van der Waals surface area contributed by atoms with E-state index in [4.69, 9.17) is 5.73 Å². The first-order chi connectivity index (χ1) is 54.2. The Hall–Kier alpha value is -13.4. The molecule has 0 fully saturated rings. The minimum Gasteiger partial charge on any atom is -0.399 e. The molecule has 0 radical (unpaired) electrons.